The summed E-state index contributed by atoms with van der Waals surface area (Å²) >= 11 is 6.93. The third-order valence-corrected chi connectivity index (χ3v) is 8.85. The zero-order valence-electron chi connectivity index (χ0n) is 11.9. The van der Waals surface area contributed by atoms with Crippen molar-refractivity contribution in [3.05, 3.63) is 48.8 Å². The van der Waals surface area contributed by atoms with E-state index in [1.165, 1.54) is 41.0 Å². The third-order valence-electron chi connectivity index (χ3n) is 5.69. The van der Waals surface area contributed by atoms with Gasteiger partial charge in [0.15, 0.2) is 0 Å². The summed E-state index contributed by atoms with van der Waals surface area (Å²) in [4.78, 5) is 16.4. The number of hydrogen-bond donors (Lipinski definition) is 1. The van der Waals surface area contributed by atoms with Crippen LogP contribution in [-0.2, 0) is 0 Å². The smallest absolute Gasteiger partial charge is 0.305 e. The number of aromatic nitrogens is 1. The average Bonchev–Trinajstić information content (AvgIpc) is 3.19. The number of fused-ring (bicyclic) bond motifs is 6. The number of H-pyrrole nitrogens is 1. The molecule has 2 aromatic rings. The van der Waals surface area contributed by atoms with E-state index in [1.54, 1.807) is 0 Å². The molecule has 2 nitrogen and oxygen atoms in total. The molecular formula is C17H16BrNOS2. The lowest BCUT2D eigenvalue weighted by Gasteiger charge is -2.40. The predicted molar refractivity (Wildman–Crippen MR) is 94.9 cm³/mol. The number of thioether (sulfide) groups is 1. The largest absolute Gasteiger partial charge is 0.307 e. The van der Waals surface area contributed by atoms with E-state index >= 15 is 0 Å². The number of benzene rings is 1. The standard InChI is InChI=1S/C17H16BrNOS2/c18-11-5-3-8(4-6-11)12-13-9-1-2-10(7-9)14(13)21-16-15(12)22-17(20)19-16/h3-6,9-10,12-14H,1-2,7H2,(H,19,20)/t9-,10+,12-,13-,14-/m1/s1. The molecule has 1 aliphatic heterocycles. The SMILES string of the molecule is O=c1[nH]c2c(s1)[C@H](c1ccc(Br)cc1)[C@H]1[C@@H]3CC[C@@H](C3)[C@H]1S2. The molecular weight excluding hydrogens is 378 g/mol. The summed E-state index contributed by atoms with van der Waals surface area (Å²) in [6, 6.07) is 8.74. The number of thiazole rings is 1. The molecule has 5 atom stereocenters. The first kappa shape index (κ1) is 13.9. The number of aromatic amines is 1. The minimum atomic E-state index is 0.104. The quantitative estimate of drug-likeness (QED) is 0.750. The van der Waals surface area contributed by atoms with Gasteiger partial charge in [-0.25, -0.2) is 0 Å². The van der Waals surface area contributed by atoms with Crippen LogP contribution in [0.2, 0.25) is 0 Å². The van der Waals surface area contributed by atoms with E-state index in [4.69, 9.17) is 0 Å². The molecule has 2 bridgehead atoms. The Balaban J connectivity index is 1.68. The Kier molecular flexibility index (Phi) is 3.15. The van der Waals surface area contributed by atoms with E-state index in [0.29, 0.717) is 17.1 Å². The van der Waals surface area contributed by atoms with E-state index in [-0.39, 0.29) is 4.87 Å². The Morgan fingerprint density at radius 2 is 1.91 bits per heavy atom. The van der Waals surface area contributed by atoms with Gasteiger partial charge in [-0.15, -0.1) is 11.8 Å². The highest BCUT2D eigenvalue weighted by Gasteiger charge is 2.54. The van der Waals surface area contributed by atoms with E-state index in [9.17, 15) is 4.79 Å². The average molecular weight is 394 g/mol. The van der Waals surface area contributed by atoms with Crippen molar-refractivity contribution >= 4 is 39.0 Å². The fraction of sp³-hybridized carbons (Fsp3) is 0.471. The van der Waals surface area contributed by atoms with Gasteiger partial charge in [-0.3, -0.25) is 4.79 Å². The maximum Gasteiger partial charge on any atom is 0.305 e. The van der Waals surface area contributed by atoms with Crippen LogP contribution in [-0.4, -0.2) is 10.2 Å². The molecule has 114 valence electrons. The van der Waals surface area contributed by atoms with Crippen molar-refractivity contribution in [1.82, 2.24) is 4.98 Å². The minimum Gasteiger partial charge on any atom is -0.307 e. The van der Waals surface area contributed by atoms with Crippen molar-refractivity contribution in [3.8, 4) is 0 Å². The molecule has 0 saturated heterocycles. The van der Waals surface area contributed by atoms with Crippen LogP contribution in [0.4, 0.5) is 0 Å². The summed E-state index contributed by atoms with van der Waals surface area (Å²) < 4.78 is 1.12. The molecule has 5 heteroatoms. The lowest BCUT2D eigenvalue weighted by Crippen LogP contribution is -2.33. The molecule has 1 aromatic heterocycles. The first-order valence-electron chi connectivity index (χ1n) is 7.86. The maximum atomic E-state index is 11.9. The van der Waals surface area contributed by atoms with Crippen molar-refractivity contribution in [1.29, 1.82) is 0 Å². The van der Waals surface area contributed by atoms with Crippen LogP contribution < -0.4 is 4.87 Å². The molecule has 0 radical (unpaired) electrons. The first-order valence-corrected chi connectivity index (χ1v) is 10.3. The van der Waals surface area contributed by atoms with Crippen LogP contribution in [0.5, 0.6) is 0 Å². The molecule has 2 aliphatic carbocycles. The molecule has 22 heavy (non-hydrogen) atoms. The molecule has 5 rings (SSSR count). The second-order valence-corrected chi connectivity index (χ2v) is 9.85. The van der Waals surface area contributed by atoms with Gasteiger partial charge in [0, 0.05) is 20.5 Å². The Bertz CT molecular complexity index is 781. The molecule has 0 spiro atoms. The van der Waals surface area contributed by atoms with Gasteiger partial charge in [-0.05, 0) is 54.7 Å². The van der Waals surface area contributed by atoms with Gasteiger partial charge in [0.2, 0.25) is 0 Å². The van der Waals surface area contributed by atoms with Crippen LogP contribution in [0.1, 0.15) is 35.6 Å². The summed E-state index contributed by atoms with van der Waals surface area (Å²) in [6.45, 7) is 0. The summed E-state index contributed by atoms with van der Waals surface area (Å²) in [5.74, 6) is 2.83. The molecule has 2 fully saturated rings. The van der Waals surface area contributed by atoms with E-state index in [0.717, 1.165) is 21.3 Å². The summed E-state index contributed by atoms with van der Waals surface area (Å²) in [5.41, 5.74) is 1.38. The number of halogens is 1. The van der Waals surface area contributed by atoms with Crippen LogP contribution in [0.3, 0.4) is 0 Å². The van der Waals surface area contributed by atoms with Crippen LogP contribution in [0.15, 0.2) is 38.6 Å². The zero-order valence-corrected chi connectivity index (χ0v) is 15.1. The number of nitrogens with one attached hydrogen (secondary N) is 1. The number of rotatable bonds is 1. The number of hydrogen-bond acceptors (Lipinski definition) is 3. The fourth-order valence-electron chi connectivity index (χ4n) is 4.89. The first-order chi connectivity index (χ1) is 10.7. The van der Waals surface area contributed by atoms with Gasteiger partial charge < -0.3 is 4.98 Å². The van der Waals surface area contributed by atoms with E-state index in [1.807, 2.05) is 11.8 Å². The predicted octanol–water partition coefficient (Wildman–Crippen LogP) is 4.85. The van der Waals surface area contributed by atoms with Crippen molar-refractivity contribution in [2.75, 3.05) is 0 Å². The Morgan fingerprint density at radius 1 is 1.14 bits per heavy atom. The van der Waals surface area contributed by atoms with Crippen LogP contribution in [0.25, 0.3) is 0 Å². The van der Waals surface area contributed by atoms with Gasteiger partial charge in [0.05, 0.1) is 5.03 Å². The molecule has 0 unspecified atom stereocenters. The summed E-state index contributed by atoms with van der Waals surface area (Å²) in [7, 11) is 0. The topological polar surface area (TPSA) is 32.9 Å². The highest BCUT2D eigenvalue weighted by atomic mass is 79.9. The Labute approximate surface area is 145 Å². The van der Waals surface area contributed by atoms with Crippen molar-refractivity contribution < 1.29 is 0 Å². The van der Waals surface area contributed by atoms with Crippen LogP contribution >= 0.6 is 39.0 Å². The van der Waals surface area contributed by atoms with Crippen LogP contribution in [0, 0.1) is 17.8 Å². The second kappa shape index (κ2) is 4.99. The molecule has 3 aliphatic rings. The lowest BCUT2D eigenvalue weighted by molar-refractivity contribution is 0.307. The molecule has 2 heterocycles. The van der Waals surface area contributed by atoms with E-state index in [2.05, 4.69) is 45.2 Å². The van der Waals surface area contributed by atoms with Gasteiger partial charge in [0.25, 0.3) is 0 Å². The van der Waals surface area contributed by atoms with Crippen molar-refractivity contribution in [2.45, 2.75) is 35.5 Å². The van der Waals surface area contributed by atoms with Crippen molar-refractivity contribution in [2.24, 2.45) is 17.8 Å². The lowest BCUT2D eigenvalue weighted by atomic mass is 9.75. The van der Waals surface area contributed by atoms with Gasteiger partial charge in [0.1, 0.15) is 0 Å². The van der Waals surface area contributed by atoms with Crippen molar-refractivity contribution in [3.63, 3.8) is 0 Å². The highest BCUT2D eigenvalue weighted by Crippen LogP contribution is 2.63. The molecule has 2 saturated carbocycles. The summed E-state index contributed by atoms with van der Waals surface area (Å²) in [5, 5.41) is 1.85. The Morgan fingerprint density at radius 3 is 2.73 bits per heavy atom. The molecule has 0 amide bonds. The normalized spacial score (nSPS) is 35.4. The van der Waals surface area contributed by atoms with E-state index < -0.39 is 0 Å². The maximum absolute atomic E-state index is 11.9. The Hall–Kier alpha value is -0.520. The zero-order chi connectivity index (χ0) is 14.8. The molecule has 1 N–H and O–H groups in total. The monoisotopic (exact) mass is 393 g/mol. The minimum absolute atomic E-state index is 0.104. The second-order valence-electron chi connectivity index (χ2n) is 6.73. The van der Waals surface area contributed by atoms with Gasteiger partial charge in [-0.1, -0.05) is 39.4 Å². The third kappa shape index (κ3) is 1.95. The fourth-order valence-corrected chi connectivity index (χ4v) is 8.05. The van der Waals surface area contributed by atoms with Gasteiger partial charge in [-0.2, -0.15) is 0 Å². The summed E-state index contributed by atoms with van der Waals surface area (Å²) in [6.07, 6.45) is 4.16. The highest BCUT2D eigenvalue weighted by molar-refractivity contribution is 9.10. The van der Waals surface area contributed by atoms with Gasteiger partial charge >= 0.3 is 4.87 Å². The molecule has 1 aromatic carbocycles.